The van der Waals surface area contributed by atoms with Gasteiger partial charge < -0.3 is 15.4 Å². The van der Waals surface area contributed by atoms with Crippen molar-refractivity contribution in [2.24, 2.45) is 0 Å². The first kappa shape index (κ1) is 20.5. The Labute approximate surface area is 161 Å². The van der Waals surface area contributed by atoms with Crippen LogP contribution >= 0.6 is 0 Å². The van der Waals surface area contributed by atoms with Crippen LogP contribution in [-0.2, 0) is 4.79 Å². The van der Waals surface area contributed by atoms with E-state index in [1.807, 2.05) is 52.8 Å². The quantitative estimate of drug-likeness (QED) is 0.829. The topological polar surface area (TPSA) is 67.4 Å². The summed E-state index contributed by atoms with van der Waals surface area (Å²) in [6.07, 6.45) is -0.703. The Hall–Kier alpha value is -2.82. The summed E-state index contributed by atoms with van der Waals surface area (Å²) in [7, 11) is 0. The van der Waals surface area contributed by atoms with Gasteiger partial charge in [0.25, 0.3) is 11.8 Å². The van der Waals surface area contributed by atoms with Crippen LogP contribution in [0.15, 0.2) is 42.5 Å². The molecule has 0 bridgehead atoms. The molecule has 27 heavy (non-hydrogen) atoms. The van der Waals surface area contributed by atoms with Crippen LogP contribution in [0.5, 0.6) is 5.75 Å². The Bertz CT molecular complexity index is 838. The second-order valence-corrected chi connectivity index (χ2v) is 7.75. The van der Waals surface area contributed by atoms with Crippen LogP contribution in [0.2, 0.25) is 0 Å². The molecule has 0 unspecified atom stereocenters. The molecule has 0 heterocycles. The molecule has 2 rings (SSSR count). The molecule has 0 aromatic heterocycles. The number of amides is 2. The van der Waals surface area contributed by atoms with Crippen molar-refractivity contribution in [2.45, 2.75) is 53.2 Å². The minimum atomic E-state index is -0.703. The number of ether oxygens (including phenoxy) is 1. The van der Waals surface area contributed by atoms with Gasteiger partial charge >= 0.3 is 0 Å². The predicted octanol–water partition coefficient (Wildman–Crippen LogP) is 4.24. The van der Waals surface area contributed by atoms with Crippen LogP contribution in [0.4, 0.5) is 5.69 Å². The fraction of sp³-hybridized carbons (Fsp3) is 0.364. The first-order chi connectivity index (χ1) is 12.6. The molecule has 0 aliphatic carbocycles. The van der Waals surface area contributed by atoms with E-state index < -0.39 is 6.10 Å². The van der Waals surface area contributed by atoms with Crippen LogP contribution in [0.3, 0.4) is 0 Å². The van der Waals surface area contributed by atoms with Gasteiger partial charge in [0, 0.05) is 5.54 Å². The minimum absolute atomic E-state index is 0.235. The highest BCUT2D eigenvalue weighted by molar-refractivity contribution is 6.04. The van der Waals surface area contributed by atoms with Crippen molar-refractivity contribution in [1.29, 1.82) is 0 Å². The van der Waals surface area contributed by atoms with Crippen LogP contribution in [0, 0.1) is 13.8 Å². The van der Waals surface area contributed by atoms with Crippen LogP contribution in [0.1, 0.15) is 49.2 Å². The number of anilines is 1. The second kappa shape index (κ2) is 8.25. The van der Waals surface area contributed by atoms with E-state index in [0.717, 1.165) is 5.56 Å². The second-order valence-electron chi connectivity index (χ2n) is 7.75. The molecule has 0 spiro atoms. The lowest BCUT2D eigenvalue weighted by Gasteiger charge is -2.22. The Kier molecular flexibility index (Phi) is 6.26. The van der Waals surface area contributed by atoms with Crippen molar-refractivity contribution in [3.63, 3.8) is 0 Å². The van der Waals surface area contributed by atoms with Gasteiger partial charge in [-0.1, -0.05) is 18.2 Å². The van der Waals surface area contributed by atoms with Crippen molar-refractivity contribution in [2.75, 3.05) is 5.32 Å². The molecule has 2 aromatic rings. The maximum atomic E-state index is 12.6. The average Bonchev–Trinajstić information content (AvgIpc) is 2.57. The highest BCUT2D eigenvalue weighted by atomic mass is 16.5. The fourth-order valence-corrected chi connectivity index (χ4v) is 2.48. The molecule has 0 saturated heterocycles. The third-order valence-corrected chi connectivity index (χ3v) is 4.08. The molecule has 0 aliphatic rings. The van der Waals surface area contributed by atoms with Gasteiger partial charge in [-0.3, -0.25) is 9.59 Å². The van der Waals surface area contributed by atoms with E-state index in [2.05, 4.69) is 10.6 Å². The highest BCUT2D eigenvalue weighted by Gasteiger charge is 2.21. The minimum Gasteiger partial charge on any atom is -0.481 e. The van der Waals surface area contributed by atoms with Crippen molar-refractivity contribution >= 4 is 17.5 Å². The molecule has 144 valence electrons. The highest BCUT2D eigenvalue weighted by Crippen LogP contribution is 2.20. The number of carbonyl (C=O) groups is 2. The molecule has 2 aromatic carbocycles. The lowest BCUT2D eigenvalue weighted by molar-refractivity contribution is -0.122. The summed E-state index contributed by atoms with van der Waals surface area (Å²) in [6.45, 7) is 11.4. The zero-order valence-electron chi connectivity index (χ0n) is 16.8. The molecule has 0 saturated carbocycles. The molecule has 5 heteroatoms. The summed E-state index contributed by atoms with van der Waals surface area (Å²) >= 11 is 0. The lowest BCUT2D eigenvalue weighted by Crippen LogP contribution is -2.41. The number of benzene rings is 2. The summed E-state index contributed by atoms with van der Waals surface area (Å²) < 4.78 is 5.75. The fourth-order valence-electron chi connectivity index (χ4n) is 2.48. The first-order valence-electron chi connectivity index (χ1n) is 9.03. The summed E-state index contributed by atoms with van der Waals surface area (Å²) in [5.41, 5.74) is 2.77. The zero-order valence-corrected chi connectivity index (χ0v) is 16.8. The van der Waals surface area contributed by atoms with Gasteiger partial charge in [0.1, 0.15) is 5.75 Å². The van der Waals surface area contributed by atoms with E-state index in [9.17, 15) is 9.59 Å². The van der Waals surface area contributed by atoms with Crippen molar-refractivity contribution in [1.82, 2.24) is 5.32 Å². The molecular weight excluding hydrogens is 340 g/mol. The average molecular weight is 368 g/mol. The van der Waals surface area contributed by atoms with E-state index in [1.165, 1.54) is 5.56 Å². The Morgan fingerprint density at radius 3 is 2.30 bits per heavy atom. The maximum absolute atomic E-state index is 12.6. The molecule has 5 nitrogen and oxygen atoms in total. The molecular formula is C22H28N2O3. The van der Waals surface area contributed by atoms with Crippen molar-refractivity contribution in [3.8, 4) is 5.75 Å². The van der Waals surface area contributed by atoms with Gasteiger partial charge in [-0.05, 0) is 76.9 Å². The normalized spacial score (nSPS) is 12.2. The Morgan fingerprint density at radius 1 is 1.00 bits per heavy atom. The molecule has 0 aliphatic heterocycles. The van der Waals surface area contributed by atoms with Gasteiger partial charge in [-0.15, -0.1) is 0 Å². The molecule has 0 fully saturated rings. The predicted molar refractivity (Wildman–Crippen MR) is 108 cm³/mol. The molecule has 0 radical (unpaired) electrons. The van der Waals surface area contributed by atoms with E-state index in [4.69, 9.17) is 4.74 Å². The Balaban J connectivity index is 2.10. The van der Waals surface area contributed by atoms with Crippen LogP contribution in [0.25, 0.3) is 0 Å². The van der Waals surface area contributed by atoms with Gasteiger partial charge in [0.05, 0.1) is 11.3 Å². The van der Waals surface area contributed by atoms with E-state index in [1.54, 1.807) is 31.2 Å². The number of aryl methyl sites for hydroxylation is 2. The van der Waals surface area contributed by atoms with Gasteiger partial charge in [-0.2, -0.15) is 0 Å². The first-order valence-corrected chi connectivity index (χ1v) is 9.03. The van der Waals surface area contributed by atoms with Gasteiger partial charge in [0.2, 0.25) is 0 Å². The van der Waals surface area contributed by atoms with Gasteiger partial charge in [0.15, 0.2) is 6.10 Å². The summed E-state index contributed by atoms with van der Waals surface area (Å²) in [6, 6.07) is 12.6. The Morgan fingerprint density at radius 2 is 1.67 bits per heavy atom. The van der Waals surface area contributed by atoms with Crippen LogP contribution in [-0.4, -0.2) is 23.5 Å². The molecule has 1 atom stereocenters. The SMILES string of the molecule is Cc1ccc(O[C@H](C)C(=O)Nc2ccccc2C(=O)NC(C)(C)C)cc1C. The molecule has 2 amide bonds. The number of hydrogen-bond acceptors (Lipinski definition) is 3. The smallest absolute Gasteiger partial charge is 0.265 e. The summed E-state index contributed by atoms with van der Waals surface area (Å²) in [5, 5.41) is 5.71. The lowest BCUT2D eigenvalue weighted by atomic mass is 10.1. The third kappa shape index (κ3) is 5.84. The standard InChI is InChI=1S/C22H28N2O3/c1-14-11-12-17(13-15(14)2)27-16(3)20(25)23-19-10-8-7-9-18(19)21(26)24-22(4,5)6/h7-13,16H,1-6H3,(H,23,25)(H,24,26)/t16-/m1/s1. The third-order valence-electron chi connectivity index (χ3n) is 4.08. The van der Waals surface area contributed by atoms with Crippen molar-refractivity contribution < 1.29 is 14.3 Å². The number of hydrogen-bond donors (Lipinski definition) is 2. The number of para-hydroxylation sites is 1. The molecule has 2 N–H and O–H groups in total. The number of rotatable bonds is 5. The van der Waals surface area contributed by atoms with Crippen molar-refractivity contribution in [3.05, 3.63) is 59.2 Å². The van der Waals surface area contributed by atoms with Crippen LogP contribution < -0.4 is 15.4 Å². The zero-order chi connectivity index (χ0) is 20.2. The van der Waals surface area contributed by atoms with E-state index >= 15 is 0 Å². The van der Waals surface area contributed by atoms with Gasteiger partial charge in [-0.25, -0.2) is 0 Å². The monoisotopic (exact) mass is 368 g/mol. The summed E-state index contributed by atoms with van der Waals surface area (Å²) in [4.78, 5) is 25.1. The maximum Gasteiger partial charge on any atom is 0.265 e. The summed E-state index contributed by atoms with van der Waals surface area (Å²) in [5.74, 6) is 0.0879. The van der Waals surface area contributed by atoms with E-state index in [-0.39, 0.29) is 17.4 Å². The van der Waals surface area contributed by atoms with E-state index in [0.29, 0.717) is 17.0 Å². The number of nitrogens with one attached hydrogen (secondary N) is 2. The number of carbonyl (C=O) groups excluding carboxylic acids is 2. The largest absolute Gasteiger partial charge is 0.481 e.